The van der Waals surface area contributed by atoms with Crippen LogP contribution in [0.15, 0.2) is 0 Å². The number of nitrogens with two attached hydrogens (primary N) is 1. The van der Waals surface area contributed by atoms with Crippen molar-refractivity contribution in [2.24, 2.45) is 5.73 Å². The van der Waals surface area contributed by atoms with Gasteiger partial charge in [-0.05, 0) is 7.05 Å². The van der Waals surface area contributed by atoms with Gasteiger partial charge in [-0.15, -0.1) is 0 Å². The van der Waals surface area contributed by atoms with Gasteiger partial charge in [-0.2, -0.15) is 0 Å². The quantitative estimate of drug-likeness (QED) is 0.312. The van der Waals surface area contributed by atoms with E-state index < -0.39 is 0 Å². The lowest BCUT2D eigenvalue weighted by Gasteiger charge is -1.68. The van der Waals surface area contributed by atoms with Gasteiger partial charge >= 0.3 is 0 Å². The summed E-state index contributed by atoms with van der Waals surface area (Å²) in [6.45, 7) is 0.437. The SMILES string of the molecule is CN.O=CO[SiH3]. The Balaban J connectivity index is 0. The molecule has 0 aromatic heterocycles. The molecule has 3 nitrogen and oxygen atoms in total. The van der Waals surface area contributed by atoms with E-state index in [4.69, 9.17) is 4.79 Å². The minimum Gasteiger partial charge on any atom is -0.531 e. The molecule has 2 N–H and O–H groups in total. The normalized spacial score (nSPS) is 5.00. The Morgan fingerprint density at radius 1 is 1.83 bits per heavy atom. The third-order valence-electron chi connectivity index (χ3n) is 0.0962. The monoisotopic (exact) mass is 107 g/mol. The van der Waals surface area contributed by atoms with Gasteiger partial charge in [0.1, 0.15) is 0 Å². The fourth-order valence-corrected chi connectivity index (χ4v) is 0. The number of rotatable bonds is 1. The van der Waals surface area contributed by atoms with Crippen molar-refractivity contribution in [1.82, 2.24) is 0 Å². The summed E-state index contributed by atoms with van der Waals surface area (Å²) in [5.74, 6) is 0. The molecule has 0 aromatic rings. The van der Waals surface area contributed by atoms with E-state index in [0.29, 0.717) is 17.0 Å². The Labute approximate surface area is 40.0 Å². The highest BCUT2D eigenvalue weighted by molar-refractivity contribution is 6.01. The Bertz CT molecular complexity index is 25.5. The maximum absolute atomic E-state index is 8.99. The summed E-state index contributed by atoms with van der Waals surface area (Å²) in [7, 11) is 2.02. The van der Waals surface area contributed by atoms with Crippen molar-refractivity contribution in [3.63, 3.8) is 0 Å². The average Bonchev–Trinajstić information content (AvgIpc) is 1.72. The lowest BCUT2D eigenvalue weighted by molar-refractivity contribution is -0.120. The molecule has 0 rings (SSSR count). The lowest BCUT2D eigenvalue weighted by Crippen LogP contribution is -1.71. The predicted molar refractivity (Wildman–Crippen MR) is 27.2 cm³/mol. The van der Waals surface area contributed by atoms with Crippen LogP contribution in [0.3, 0.4) is 0 Å². The molecule has 0 bridgehead atoms. The molecule has 0 heterocycles. The van der Waals surface area contributed by atoms with Gasteiger partial charge in [0.15, 0.2) is 0 Å². The summed E-state index contributed by atoms with van der Waals surface area (Å²) < 4.78 is 4.00. The van der Waals surface area contributed by atoms with Crippen molar-refractivity contribution >= 4 is 17.0 Å². The van der Waals surface area contributed by atoms with Crippen LogP contribution < -0.4 is 5.73 Å². The van der Waals surface area contributed by atoms with Crippen LogP contribution in [-0.2, 0) is 9.22 Å². The zero-order chi connectivity index (χ0) is 5.41. The zero-order valence-electron chi connectivity index (χ0n) is 3.97. The summed E-state index contributed by atoms with van der Waals surface area (Å²) in [6.07, 6.45) is 0. The number of hydrogen-bond acceptors (Lipinski definition) is 3. The second-order valence-electron chi connectivity index (χ2n) is 0.332. The van der Waals surface area contributed by atoms with Crippen molar-refractivity contribution in [2.75, 3.05) is 7.05 Å². The van der Waals surface area contributed by atoms with Crippen molar-refractivity contribution in [1.29, 1.82) is 0 Å². The van der Waals surface area contributed by atoms with E-state index in [0.717, 1.165) is 0 Å². The molecule has 0 aliphatic heterocycles. The molecule has 0 spiro atoms. The minimum atomic E-state index is 0.437. The molecular formula is C2H9NO2Si. The summed E-state index contributed by atoms with van der Waals surface area (Å²) in [5, 5.41) is 0. The van der Waals surface area contributed by atoms with Crippen molar-refractivity contribution in [3.05, 3.63) is 0 Å². The van der Waals surface area contributed by atoms with Gasteiger partial charge in [-0.3, -0.25) is 4.79 Å². The van der Waals surface area contributed by atoms with Gasteiger partial charge < -0.3 is 10.2 Å². The Kier molecular flexibility index (Phi) is 34.8. The molecule has 0 fully saturated rings. The molecule has 38 valence electrons. The molecule has 0 atom stereocenters. The van der Waals surface area contributed by atoms with Crippen LogP contribution in [0, 0.1) is 0 Å². The molecular weight excluding hydrogens is 98.1 g/mol. The van der Waals surface area contributed by atoms with Crippen LogP contribution in [0.4, 0.5) is 0 Å². The van der Waals surface area contributed by atoms with Gasteiger partial charge in [-0.25, -0.2) is 0 Å². The number of carbonyl (C=O) groups excluding carboxylic acids is 1. The lowest BCUT2D eigenvalue weighted by atomic mass is 11.6. The van der Waals surface area contributed by atoms with Crippen LogP contribution in [0.1, 0.15) is 0 Å². The zero-order valence-corrected chi connectivity index (χ0v) is 5.97. The van der Waals surface area contributed by atoms with E-state index in [1.165, 1.54) is 7.05 Å². The van der Waals surface area contributed by atoms with E-state index in [-0.39, 0.29) is 0 Å². The van der Waals surface area contributed by atoms with E-state index >= 15 is 0 Å². The van der Waals surface area contributed by atoms with E-state index in [9.17, 15) is 0 Å². The fraction of sp³-hybridized carbons (Fsp3) is 0.500. The van der Waals surface area contributed by atoms with Crippen molar-refractivity contribution < 1.29 is 9.22 Å². The van der Waals surface area contributed by atoms with Crippen LogP contribution >= 0.6 is 0 Å². The van der Waals surface area contributed by atoms with Gasteiger partial charge in [0, 0.05) is 0 Å². The van der Waals surface area contributed by atoms with E-state index in [2.05, 4.69) is 10.2 Å². The molecule has 4 heteroatoms. The summed E-state index contributed by atoms with van der Waals surface area (Å²) in [5.41, 5.74) is 4.50. The number of hydrogen-bond donors (Lipinski definition) is 1. The minimum absolute atomic E-state index is 0.437. The standard InChI is InChI=1S/CH5N.CH4O2Si/c1-2;2-1-3-4/h2H2,1H3;1H,4H3. The fourth-order valence-electron chi connectivity index (χ4n) is 0. The van der Waals surface area contributed by atoms with E-state index in [1.54, 1.807) is 0 Å². The summed E-state index contributed by atoms with van der Waals surface area (Å²) in [4.78, 5) is 8.99. The smallest absolute Gasteiger partial charge is 0.279 e. The van der Waals surface area contributed by atoms with Crippen LogP contribution in [0.25, 0.3) is 0 Å². The molecule has 0 saturated heterocycles. The van der Waals surface area contributed by atoms with Gasteiger partial charge in [0.2, 0.25) is 10.5 Å². The molecule has 0 aromatic carbocycles. The molecule has 0 aliphatic rings. The second-order valence-corrected chi connectivity index (χ2v) is 0.803. The maximum Gasteiger partial charge on any atom is 0.279 e. The number of carbonyl (C=O) groups is 1. The highest BCUT2D eigenvalue weighted by atomic mass is 28.2. The first kappa shape index (κ1) is 9.17. The van der Waals surface area contributed by atoms with Gasteiger partial charge in [0.25, 0.3) is 6.47 Å². The molecule has 0 aliphatic carbocycles. The Morgan fingerprint density at radius 3 is 2.00 bits per heavy atom. The molecule has 6 heavy (non-hydrogen) atoms. The topological polar surface area (TPSA) is 52.3 Å². The van der Waals surface area contributed by atoms with Crippen molar-refractivity contribution in [3.8, 4) is 0 Å². The van der Waals surface area contributed by atoms with Gasteiger partial charge in [-0.1, -0.05) is 0 Å². The average molecular weight is 107 g/mol. The second kappa shape index (κ2) is 22.8. The van der Waals surface area contributed by atoms with E-state index in [1.807, 2.05) is 0 Å². The molecule has 0 amide bonds. The van der Waals surface area contributed by atoms with Gasteiger partial charge in [0.05, 0.1) is 0 Å². The molecule has 0 saturated carbocycles. The third-order valence-corrected chi connectivity index (χ3v) is 0.289. The summed E-state index contributed by atoms with van der Waals surface area (Å²) >= 11 is 0. The highest BCUT2D eigenvalue weighted by Gasteiger charge is 1.44. The van der Waals surface area contributed by atoms with Crippen LogP contribution in [0.5, 0.6) is 0 Å². The maximum atomic E-state index is 8.99. The van der Waals surface area contributed by atoms with Crippen molar-refractivity contribution in [2.45, 2.75) is 0 Å². The first-order valence-corrected chi connectivity index (χ1v) is 2.27. The molecule has 0 unspecified atom stereocenters. The molecule has 0 radical (unpaired) electrons. The predicted octanol–water partition coefficient (Wildman–Crippen LogP) is -1.99. The Hall–Kier alpha value is -0.353. The first-order chi connectivity index (χ1) is 2.91. The third kappa shape index (κ3) is 61.1. The highest BCUT2D eigenvalue weighted by Crippen LogP contribution is 1.32. The first-order valence-electron chi connectivity index (χ1n) is 1.46. The summed E-state index contributed by atoms with van der Waals surface area (Å²) in [6, 6.07) is 0. The largest absolute Gasteiger partial charge is 0.531 e. The van der Waals surface area contributed by atoms with Crippen LogP contribution in [-0.4, -0.2) is 24.0 Å². The Morgan fingerprint density at radius 2 is 2.00 bits per heavy atom. The van der Waals surface area contributed by atoms with Crippen LogP contribution in [0.2, 0.25) is 0 Å².